The summed E-state index contributed by atoms with van der Waals surface area (Å²) in [6, 6.07) is 8.36. The highest BCUT2D eigenvalue weighted by Gasteiger charge is 2.29. The van der Waals surface area contributed by atoms with Gasteiger partial charge in [-0.05, 0) is 89.1 Å². The molecular formula is C30H41FN4O4. The summed E-state index contributed by atoms with van der Waals surface area (Å²) < 4.78 is 26.4. The first-order chi connectivity index (χ1) is 18.7. The normalized spacial score (nSPS) is 17.8. The van der Waals surface area contributed by atoms with Gasteiger partial charge in [-0.1, -0.05) is 12.1 Å². The Hall–Kier alpha value is -3.20. The van der Waals surface area contributed by atoms with E-state index in [1.165, 1.54) is 6.07 Å². The van der Waals surface area contributed by atoms with E-state index in [0.717, 1.165) is 49.9 Å². The van der Waals surface area contributed by atoms with Gasteiger partial charge >= 0.3 is 6.09 Å². The number of carbonyl (C=O) groups excluding carboxylic acids is 2. The molecule has 0 aliphatic carbocycles. The molecule has 2 atom stereocenters. The number of benzene rings is 1. The smallest absolute Gasteiger partial charge is 0.410 e. The molecule has 0 radical (unpaired) electrons. The predicted molar refractivity (Wildman–Crippen MR) is 148 cm³/mol. The molecular weight excluding hydrogens is 499 g/mol. The zero-order chi connectivity index (χ0) is 27.9. The van der Waals surface area contributed by atoms with Gasteiger partial charge in [0.1, 0.15) is 11.9 Å². The Kier molecular flexibility index (Phi) is 9.78. The quantitative estimate of drug-likeness (QED) is 0.498. The molecule has 212 valence electrons. The third kappa shape index (κ3) is 7.47. The fraction of sp³-hybridized carbons (Fsp3) is 0.567. The van der Waals surface area contributed by atoms with Crippen molar-refractivity contribution >= 4 is 12.0 Å². The van der Waals surface area contributed by atoms with Gasteiger partial charge < -0.3 is 24.6 Å². The average molecular weight is 541 g/mol. The molecule has 1 aromatic heterocycles. The van der Waals surface area contributed by atoms with Gasteiger partial charge in [-0.2, -0.15) is 0 Å². The molecule has 2 aliphatic rings. The molecule has 0 spiro atoms. The van der Waals surface area contributed by atoms with Crippen LogP contribution in [0.1, 0.15) is 52.0 Å². The first-order valence-electron chi connectivity index (χ1n) is 14.1. The summed E-state index contributed by atoms with van der Waals surface area (Å²) in [5, 5.41) is 3.06. The number of pyridine rings is 1. The minimum absolute atomic E-state index is 0.0340. The van der Waals surface area contributed by atoms with Gasteiger partial charge in [0.2, 0.25) is 11.8 Å². The summed E-state index contributed by atoms with van der Waals surface area (Å²) in [5.41, 5.74) is 2.02. The van der Waals surface area contributed by atoms with Gasteiger partial charge in [0.25, 0.3) is 0 Å². The number of halogens is 1. The SMILES string of the molecule is CNC(Cc1ccc(-c2ccc(OC(C)C3CCN(C(=O)OC(C)C)CC3)nc2)cc1F)C(=O)N1CCCC1. The highest BCUT2D eigenvalue weighted by atomic mass is 19.1. The Morgan fingerprint density at radius 2 is 1.72 bits per heavy atom. The van der Waals surface area contributed by atoms with Crippen molar-refractivity contribution in [1.29, 1.82) is 0 Å². The monoisotopic (exact) mass is 540 g/mol. The standard InChI is InChI=1S/C30H41FN4O4/c1-20(2)38-30(37)35-15-11-22(12-16-35)21(3)39-28-10-9-25(19-33-28)23-7-8-24(26(31)17-23)18-27(32-4)29(36)34-13-5-6-14-34/h7-10,17,19-22,27,32H,5-6,11-16,18H2,1-4H3. The third-order valence-electron chi connectivity index (χ3n) is 7.72. The first kappa shape index (κ1) is 28.8. The van der Waals surface area contributed by atoms with E-state index in [1.54, 1.807) is 30.3 Å². The van der Waals surface area contributed by atoms with Crippen LogP contribution < -0.4 is 10.1 Å². The van der Waals surface area contributed by atoms with E-state index in [-0.39, 0.29) is 30.0 Å². The van der Waals surface area contributed by atoms with Gasteiger partial charge in [-0.25, -0.2) is 14.2 Å². The average Bonchev–Trinajstić information content (AvgIpc) is 3.47. The number of likely N-dealkylation sites (tertiary alicyclic amines) is 2. The lowest BCUT2D eigenvalue weighted by molar-refractivity contribution is -0.132. The van der Waals surface area contributed by atoms with Crippen LogP contribution in [0.2, 0.25) is 0 Å². The van der Waals surface area contributed by atoms with Crippen molar-refractivity contribution in [2.45, 2.75) is 71.1 Å². The Morgan fingerprint density at radius 3 is 2.31 bits per heavy atom. The van der Waals surface area contributed by atoms with Crippen LogP contribution in [-0.4, -0.2) is 78.3 Å². The molecule has 8 nitrogen and oxygen atoms in total. The number of likely N-dealkylation sites (N-methyl/N-ethyl adjacent to an activating group) is 1. The number of amides is 2. The largest absolute Gasteiger partial charge is 0.474 e. The van der Waals surface area contributed by atoms with Crippen molar-refractivity contribution in [3.05, 3.63) is 47.9 Å². The zero-order valence-corrected chi connectivity index (χ0v) is 23.5. The van der Waals surface area contributed by atoms with Crippen LogP contribution in [-0.2, 0) is 16.0 Å². The predicted octanol–water partition coefficient (Wildman–Crippen LogP) is 4.66. The van der Waals surface area contributed by atoms with Gasteiger partial charge in [-0.3, -0.25) is 4.79 Å². The summed E-state index contributed by atoms with van der Waals surface area (Å²) in [6.07, 6.45) is 5.31. The minimum atomic E-state index is -0.440. The number of piperidine rings is 1. The summed E-state index contributed by atoms with van der Waals surface area (Å²) in [7, 11) is 1.74. The first-order valence-corrected chi connectivity index (χ1v) is 14.1. The Balaban J connectivity index is 1.31. The van der Waals surface area contributed by atoms with Crippen molar-refractivity contribution in [3.8, 4) is 17.0 Å². The highest BCUT2D eigenvalue weighted by Crippen LogP contribution is 2.27. The van der Waals surface area contributed by atoms with Crippen molar-refractivity contribution in [2.24, 2.45) is 5.92 Å². The van der Waals surface area contributed by atoms with E-state index in [2.05, 4.69) is 10.3 Å². The molecule has 9 heteroatoms. The van der Waals surface area contributed by atoms with Crippen LogP contribution in [0.5, 0.6) is 5.88 Å². The molecule has 2 fully saturated rings. The van der Waals surface area contributed by atoms with E-state index in [1.807, 2.05) is 37.8 Å². The summed E-state index contributed by atoms with van der Waals surface area (Å²) >= 11 is 0. The number of rotatable bonds is 9. The van der Waals surface area contributed by atoms with E-state index in [4.69, 9.17) is 9.47 Å². The van der Waals surface area contributed by atoms with Crippen molar-refractivity contribution in [3.63, 3.8) is 0 Å². The number of hydrogen-bond acceptors (Lipinski definition) is 6. The van der Waals surface area contributed by atoms with Gasteiger partial charge in [0.05, 0.1) is 12.1 Å². The van der Waals surface area contributed by atoms with Crippen LogP contribution >= 0.6 is 0 Å². The molecule has 39 heavy (non-hydrogen) atoms. The van der Waals surface area contributed by atoms with Crippen molar-refractivity contribution in [2.75, 3.05) is 33.2 Å². The Morgan fingerprint density at radius 1 is 1.03 bits per heavy atom. The topological polar surface area (TPSA) is 84.0 Å². The number of nitrogens with one attached hydrogen (secondary N) is 1. The van der Waals surface area contributed by atoms with Crippen molar-refractivity contribution < 1.29 is 23.5 Å². The molecule has 3 heterocycles. The lowest BCUT2D eigenvalue weighted by atomic mass is 9.92. The molecule has 2 amide bonds. The molecule has 4 rings (SSSR count). The summed E-state index contributed by atoms with van der Waals surface area (Å²) in [6.45, 7) is 8.59. The maximum Gasteiger partial charge on any atom is 0.410 e. The Bertz CT molecular complexity index is 1110. The molecule has 1 aromatic carbocycles. The van der Waals surface area contributed by atoms with Crippen LogP contribution in [0.3, 0.4) is 0 Å². The van der Waals surface area contributed by atoms with E-state index in [0.29, 0.717) is 36.9 Å². The number of nitrogens with zero attached hydrogens (tertiary/aromatic N) is 3. The van der Waals surface area contributed by atoms with Crippen LogP contribution in [0.25, 0.3) is 11.1 Å². The zero-order valence-electron chi connectivity index (χ0n) is 23.5. The second-order valence-electron chi connectivity index (χ2n) is 10.8. The van der Waals surface area contributed by atoms with Gasteiger partial charge in [-0.15, -0.1) is 0 Å². The molecule has 2 aromatic rings. The minimum Gasteiger partial charge on any atom is -0.474 e. The van der Waals surface area contributed by atoms with Crippen LogP contribution in [0.4, 0.5) is 9.18 Å². The number of carbonyl (C=O) groups is 2. The number of hydrogen-bond donors (Lipinski definition) is 1. The lowest BCUT2D eigenvalue weighted by Gasteiger charge is -2.34. The van der Waals surface area contributed by atoms with E-state index in [9.17, 15) is 9.59 Å². The summed E-state index contributed by atoms with van der Waals surface area (Å²) in [4.78, 5) is 33.0. The number of aromatic nitrogens is 1. The van der Waals surface area contributed by atoms with Crippen LogP contribution in [0.15, 0.2) is 36.5 Å². The van der Waals surface area contributed by atoms with E-state index >= 15 is 4.39 Å². The van der Waals surface area contributed by atoms with E-state index < -0.39 is 6.04 Å². The summed E-state index contributed by atoms with van der Waals surface area (Å²) in [5.74, 6) is 0.531. The fourth-order valence-corrected chi connectivity index (χ4v) is 5.32. The molecule has 2 aliphatic heterocycles. The van der Waals surface area contributed by atoms with Gasteiger partial charge in [0.15, 0.2) is 0 Å². The van der Waals surface area contributed by atoms with Crippen LogP contribution in [0, 0.1) is 11.7 Å². The Labute approximate surface area is 230 Å². The number of ether oxygens (including phenoxy) is 2. The molecule has 2 unspecified atom stereocenters. The highest BCUT2D eigenvalue weighted by molar-refractivity contribution is 5.82. The second-order valence-corrected chi connectivity index (χ2v) is 10.8. The maximum absolute atomic E-state index is 15.0. The van der Waals surface area contributed by atoms with Crippen molar-refractivity contribution in [1.82, 2.24) is 20.1 Å². The second kappa shape index (κ2) is 13.2. The molecule has 1 N–H and O–H groups in total. The lowest BCUT2D eigenvalue weighted by Crippen LogP contribution is -2.45. The maximum atomic E-state index is 15.0. The third-order valence-corrected chi connectivity index (χ3v) is 7.72. The molecule has 0 saturated carbocycles. The molecule has 0 bridgehead atoms. The fourth-order valence-electron chi connectivity index (χ4n) is 5.32. The molecule has 2 saturated heterocycles. The van der Waals surface area contributed by atoms with Gasteiger partial charge in [0, 0.05) is 44.0 Å².